The maximum Gasteiger partial charge on any atom is 0.185 e. The van der Waals surface area contributed by atoms with Gasteiger partial charge in [-0.15, -0.1) is 6.58 Å². The predicted molar refractivity (Wildman–Crippen MR) is 89.5 cm³/mol. The molecular formula is C13H18N4OS2. The summed E-state index contributed by atoms with van der Waals surface area (Å²) in [4.78, 5) is 0. The molecule has 0 radical (unpaired) electrons. The lowest BCUT2D eigenvalue weighted by Gasteiger charge is -2.13. The van der Waals surface area contributed by atoms with Crippen LogP contribution in [0.2, 0.25) is 0 Å². The van der Waals surface area contributed by atoms with Crippen LogP contribution in [0.15, 0.2) is 36.9 Å². The second kappa shape index (κ2) is 9.11. The first-order valence-corrected chi connectivity index (χ1v) is 6.79. The van der Waals surface area contributed by atoms with Crippen molar-refractivity contribution in [1.82, 2.24) is 21.5 Å². The number of thiocarbonyl (C=S) groups is 2. The van der Waals surface area contributed by atoms with E-state index in [0.717, 1.165) is 11.3 Å². The summed E-state index contributed by atoms with van der Waals surface area (Å²) < 4.78 is 5.10. The minimum absolute atomic E-state index is 0.457. The van der Waals surface area contributed by atoms with Crippen LogP contribution >= 0.6 is 24.4 Å². The Bertz CT molecular complexity index is 462. The summed E-state index contributed by atoms with van der Waals surface area (Å²) in [5, 5.41) is 6.89. The summed E-state index contributed by atoms with van der Waals surface area (Å²) in [5.41, 5.74) is 6.66. The fourth-order valence-corrected chi connectivity index (χ4v) is 1.55. The zero-order chi connectivity index (χ0) is 14.8. The van der Waals surface area contributed by atoms with Gasteiger partial charge in [0.05, 0.1) is 7.11 Å². The van der Waals surface area contributed by atoms with Crippen LogP contribution < -0.4 is 26.2 Å². The van der Waals surface area contributed by atoms with E-state index in [1.54, 1.807) is 13.2 Å². The first-order chi connectivity index (χ1) is 9.65. The van der Waals surface area contributed by atoms with Crippen molar-refractivity contribution in [3.63, 3.8) is 0 Å². The Morgan fingerprint density at radius 3 is 2.30 bits per heavy atom. The van der Waals surface area contributed by atoms with Gasteiger partial charge in [0.2, 0.25) is 0 Å². The Morgan fingerprint density at radius 1 is 1.15 bits per heavy atom. The van der Waals surface area contributed by atoms with Crippen molar-refractivity contribution < 1.29 is 4.74 Å². The van der Waals surface area contributed by atoms with Gasteiger partial charge in [0, 0.05) is 13.1 Å². The molecule has 108 valence electrons. The molecule has 0 amide bonds. The molecule has 0 atom stereocenters. The van der Waals surface area contributed by atoms with E-state index in [0.29, 0.717) is 23.3 Å². The molecule has 0 aliphatic rings. The molecule has 7 heteroatoms. The highest BCUT2D eigenvalue weighted by Crippen LogP contribution is 2.10. The van der Waals surface area contributed by atoms with E-state index in [1.165, 1.54) is 0 Å². The topological polar surface area (TPSA) is 57.3 Å². The number of rotatable bonds is 5. The zero-order valence-electron chi connectivity index (χ0n) is 11.2. The maximum absolute atomic E-state index is 5.12. The molecule has 0 spiro atoms. The highest BCUT2D eigenvalue weighted by atomic mass is 32.1. The molecule has 0 aromatic heterocycles. The van der Waals surface area contributed by atoms with Gasteiger partial charge in [0.25, 0.3) is 0 Å². The van der Waals surface area contributed by atoms with Gasteiger partial charge in [0.1, 0.15) is 5.75 Å². The lowest BCUT2D eigenvalue weighted by Crippen LogP contribution is -2.50. The summed E-state index contributed by atoms with van der Waals surface area (Å²) in [6.45, 7) is 4.80. The normalized spacial score (nSPS) is 9.25. The summed E-state index contributed by atoms with van der Waals surface area (Å²) in [6.07, 6.45) is 1.72. The number of benzene rings is 1. The van der Waals surface area contributed by atoms with Gasteiger partial charge >= 0.3 is 0 Å². The van der Waals surface area contributed by atoms with E-state index in [2.05, 4.69) is 28.1 Å². The number of nitrogens with one attached hydrogen (secondary N) is 4. The number of ether oxygens (including phenoxy) is 1. The van der Waals surface area contributed by atoms with Gasteiger partial charge in [-0.1, -0.05) is 18.2 Å². The fourth-order valence-electron chi connectivity index (χ4n) is 1.29. The Hall–Kier alpha value is -1.86. The van der Waals surface area contributed by atoms with Crippen LogP contribution in [-0.4, -0.2) is 23.9 Å². The molecule has 0 heterocycles. The van der Waals surface area contributed by atoms with Crippen molar-refractivity contribution in [3.8, 4) is 5.75 Å². The van der Waals surface area contributed by atoms with E-state index < -0.39 is 0 Å². The largest absolute Gasteiger partial charge is 0.497 e. The molecule has 1 aromatic rings. The van der Waals surface area contributed by atoms with Crippen LogP contribution in [0.3, 0.4) is 0 Å². The quantitative estimate of drug-likeness (QED) is 0.371. The molecule has 0 aliphatic heterocycles. The molecular weight excluding hydrogens is 292 g/mol. The SMILES string of the molecule is C=CCNC(=S)NNC(=S)NCc1ccc(OC)cc1. The Balaban J connectivity index is 2.25. The molecule has 0 saturated heterocycles. The van der Waals surface area contributed by atoms with Crippen LogP contribution in [0.5, 0.6) is 5.75 Å². The molecule has 0 unspecified atom stereocenters. The van der Waals surface area contributed by atoms with Gasteiger partial charge in [-0.3, -0.25) is 10.9 Å². The minimum Gasteiger partial charge on any atom is -0.497 e. The molecule has 5 nitrogen and oxygen atoms in total. The van der Waals surface area contributed by atoms with Gasteiger partial charge in [-0.05, 0) is 42.1 Å². The molecule has 0 saturated carbocycles. The smallest absolute Gasteiger partial charge is 0.185 e. The minimum atomic E-state index is 0.457. The Labute approximate surface area is 129 Å². The van der Waals surface area contributed by atoms with Crippen molar-refractivity contribution in [2.24, 2.45) is 0 Å². The van der Waals surface area contributed by atoms with Crippen molar-refractivity contribution in [1.29, 1.82) is 0 Å². The van der Waals surface area contributed by atoms with Crippen molar-refractivity contribution in [2.75, 3.05) is 13.7 Å². The molecule has 0 bridgehead atoms. The van der Waals surface area contributed by atoms with Gasteiger partial charge in [-0.2, -0.15) is 0 Å². The van der Waals surface area contributed by atoms with E-state index in [9.17, 15) is 0 Å². The lowest BCUT2D eigenvalue weighted by molar-refractivity contribution is 0.414. The summed E-state index contributed by atoms with van der Waals surface area (Å²) >= 11 is 10.1. The standard InChI is InChI=1S/C13H18N4OS2/c1-3-8-14-12(19)16-17-13(20)15-9-10-4-6-11(18-2)7-5-10/h3-7H,1,8-9H2,2H3,(H2,14,16,19)(H2,15,17,20). The molecule has 0 aliphatic carbocycles. The second-order valence-electron chi connectivity index (χ2n) is 3.78. The fraction of sp³-hybridized carbons (Fsp3) is 0.231. The zero-order valence-corrected chi connectivity index (χ0v) is 12.9. The molecule has 0 fully saturated rings. The summed E-state index contributed by atoms with van der Waals surface area (Å²) in [7, 11) is 1.64. The van der Waals surface area contributed by atoms with E-state index in [-0.39, 0.29) is 0 Å². The predicted octanol–water partition coefficient (Wildman–Crippen LogP) is 1.22. The number of hydrazine groups is 1. The van der Waals surface area contributed by atoms with Crippen molar-refractivity contribution >= 4 is 34.7 Å². The Kier molecular flexibility index (Phi) is 7.38. The van der Waals surface area contributed by atoms with Gasteiger partial charge < -0.3 is 15.4 Å². The highest BCUT2D eigenvalue weighted by Gasteiger charge is 1.98. The molecule has 20 heavy (non-hydrogen) atoms. The van der Waals surface area contributed by atoms with Crippen molar-refractivity contribution in [2.45, 2.75) is 6.54 Å². The monoisotopic (exact) mass is 310 g/mol. The van der Waals surface area contributed by atoms with Crippen LogP contribution in [-0.2, 0) is 6.54 Å². The summed E-state index contributed by atoms with van der Waals surface area (Å²) in [5.74, 6) is 0.828. The summed E-state index contributed by atoms with van der Waals surface area (Å²) in [6, 6.07) is 7.75. The highest BCUT2D eigenvalue weighted by molar-refractivity contribution is 7.80. The van der Waals surface area contributed by atoms with Crippen LogP contribution in [0.25, 0.3) is 0 Å². The third-order valence-corrected chi connectivity index (χ3v) is 2.80. The number of methoxy groups -OCH3 is 1. The first kappa shape index (κ1) is 16.2. The van der Waals surface area contributed by atoms with Crippen LogP contribution in [0, 0.1) is 0 Å². The molecule has 1 aromatic carbocycles. The third-order valence-electron chi connectivity index (χ3n) is 2.31. The lowest BCUT2D eigenvalue weighted by atomic mass is 10.2. The van der Waals surface area contributed by atoms with Crippen LogP contribution in [0.1, 0.15) is 5.56 Å². The first-order valence-electron chi connectivity index (χ1n) is 5.97. The van der Waals surface area contributed by atoms with Gasteiger partial charge in [-0.25, -0.2) is 0 Å². The Morgan fingerprint density at radius 2 is 1.75 bits per heavy atom. The van der Waals surface area contributed by atoms with E-state index >= 15 is 0 Å². The molecule has 4 N–H and O–H groups in total. The van der Waals surface area contributed by atoms with Crippen LogP contribution in [0.4, 0.5) is 0 Å². The van der Waals surface area contributed by atoms with Crippen molar-refractivity contribution in [3.05, 3.63) is 42.5 Å². The average molecular weight is 310 g/mol. The van der Waals surface area contributed by atoms with E-state index in [4.69, 9.17) is 29.2 Å². The molecule has 1 rings (SSSR count). The maximum atomic E-state index is 5.12. The van der Waals surface area contributed by atoms with Gasteiger partial charge in [0.15, 0.2) is 10.2 Å². The number of hydrogen-bond acceptors (Lipinski definition) is 3. The third kappa shape index (κ3) is 6.35. The average Bonchev–Trinajstić information content (AvgIpc) is 2.49. The number of hydrogen-bond donors (Lipinski definition) is 4. The van der Waals surface area contributed by atoms with E-state index in [1.807, 2.05) is 24.3 Å². The second-order valence-corrected chi connectivity index (χ2v) is 4.60.